The van der Waals surface area contributed by atoms with Crippen molar-refractivity contribution in [1.29, 1.82) is 0 Å². The van der Waals surface area contributed by atoms with Gasteiger partial charge in [-0.25, -0.2) is 4.79 Å². The first-order valence-electron chi connectivity index (χ1n) is 9.13. The third-order valence-corrected chi connectivity index (χ3v) is 5.56. The summed E-state index contributed by atoms with van der Waals surface area (Å²) in [6.45, 7) is 3.41. The molecule has 1 aliphatic heterocycles. The Morgan fingerprint density at radius 2 is 2.11 bits per heavy atom. The van der Waals surface area contributed by atoms with Crippen molar-refractivity contribution >= 4 is 34.1 Å². The van der Waals surface area contributed by atoms with E-state index in [1.165, 1.54) is 17.6 Å². The van der Waals surface area contributed by atoms with Gasteiger partial charge in [-0.2, -0.15) is 0 Å². The molecule has 2 amide bonds. The Hall–Kier alpha value is -2.65. The van der Waals surface area contributed by atoms with Crippen molar-refractivity contribution in [2.24, 2.45) is 11.7 Å². The summed E-state index contributed by atoms with van der Waals surface area (Å²) in [5, 5.41) is 5.01. The molecule has 0 bridgehead atoms. The van der Waals surface area contributed by atoms with Gasteiger partial charge >= 0.3 is 5.97 Å². The van der Waals surface area contributed by atoms with E-state index >= 15 is 0 Å². The summed E-state index contributed by atoms with van der Waals surface area (Å²) in [6, 6.07) is 3.48. The van der Waals surface area contributed by atoms with Gasteiger partial charge in [-0.3, -0.25) is 14.5 Å². The van der Waals surface area contributed by atoms with Crippen molar-refractivity contribution in [3.05, 3.63) is 29.3 Å². The zero-order valence-corrected chi connectivity index (χ0v) is 16.4. The number of amides is 2. The quantitative estimate of drug-likeness (QED) is 0.683. The summed E-state index contributed by atoms with van der Waals surface area (Å²) in [6.07, 6.45) is 2.83. The molecule has 28 heavy (non-hydrogen) atoms. The highest BCUT2D eigenvalue weighted by Crippen LogP contribution is 2.36. The summed E-state index contributed by atoms with van der Waals surface area (Å²) >= 11 is 1.25. The molecule has 2 aromatic rings. The molecule has 0 aliphatic carbocycles. The highest BCUT2D eigenvalue weighted by Gasteiger charge is 2.26. The van der Waals surface area contributed by atoms with Crippen LogP contribution in [0.5, 0.6) is 0 Å². The van der Waals surface area contributed by atoms with Crippen LogP contribution in [0.25, 0.3) is 11.3 Å². The first-order chi connectivity index (χ1) is 13.5. The van der Waals surface area contributed by atoms with E-state index in [1.807, 2.05) is 4.90 Å². The van der Waals surface area contributed by atoms with Gasteiger partial charge in [0.25, 0.3) is 0 Å². The lowest BCUT2D eigenvalue weighted by Gasteiger charge is -2.29. The van der Waals surface area contributed by atoms with Gasteiger partial charge in [0, 0.05) is 16.9 Å². The van der Waals surface area contributed by atoms with Gasteiger partial charge in [0.2, 0.25) is 11.8 Å². The fourth-order valence-corrected chi connectivity index (χ4v) is 4.17. The van der Waals surface area contributed by atoms with Crippen LogP contribution in [0.15, 0.2) is 28.2 Å². The second-order valence-electron chi connectivity index (χ2n) is 6.55. The highest BCUT2D eigenvalue weighted by atomic mass is 32.1. The number of nitrogens with two attached hydrogens (primary N) is 1. The number of carbonyl (C=O) groups excluding carboxylic acids is 3. The molecule has 1 fully saturated rings. The number of rotatable bonds is 7. The van der Waals surface area contributed by atoms with Crippen LogP contribution < -0.4 is 11.1 Å². The van der Waals surface area contributed by atoms with Crippen LogP contribution >= 0.6 is 11.3 Å². The first-order valence-corrected chi connectivity index (χ1v) is 10.0. The van der Waals surface area contributed by atoms with Crippen molar-refractivity contribution < 1.29 is 23.5 Å². The largest absolute Gasteiger partial charge is 0.464 e. The van der Waals surface area contributed by atoms with Crippen LogP contribution in [0, 0.1) is 5.92 Å². The fourth-order valence-electron chi connectivity index (χ4n) is 3.21. The summed E-state index contributed by atoms with van der Waals surface area (Å²) in [7, 11) is 0. The Morgan fingerprint density at radius 1 is 1.36 bits per heavy atom. The van der Waals surface area contributed by atoms with Gasteiger partial charge in [-0.1, -0.05) is 0 Å². The van der Waals surface area contributed by atoms with E-state index in [1.54, 1.807) is 24.4 Å². The van der Waals surface area contributed by atoms with Crippen molar-refractivity contribution in [2.45, 2.75) is 19.8 Å². The third kappa shape index (κ3) is 4.60. The number of nitrogens with one attached hydrogen (secondary N) is 1. The summed E-state index contributed by atoms with van der Waals surface area (Å²) in [5.74, 6) is -0.605. The molecule has 150 valence electrons. The number of esters is 1. The molecule has 1 aliphatic rings. The van der Waals surface area contributed by atoms with E-state index in [2.05, 4.69) is 5.32 Å². The summed E-state index contributed by atoms with van der Waals surface area (Å²) in [4.78, 5) is 38.2. The molecule has 0 saturated carbocycles. The molecule has 0 unspecified atom stereocenters. The van der Waals surface area contributed by atoms with Crippen LogP contribution in [0.3, 0.4) is 0 Å². The minimum Gasteiger partial charge on any atom is -0.464 e. The van der Waals surface area contributed by atoms with Gasteiger partial charge in [0.05, 0.1) is 19.4 Å². The van der Waals surface area contributed by atoms with Crippen molar-refractivity contribution in [3.63, 3.8) is 0 Å². The van der Waals surface area contributed by atoms with Gasteiger partial charge in [0.15, 0.2) is 0 Å². The number of likely N-dealkylation sites (tertiary alicyclic amines) is 1. The monoisotopic (exact) mass is 405 g/mol. The number of carbonyl (C=O) groups is 3. The molecule has 9 heteroatoms. The van der Waals surface area contributed by atoms with Gasteiger partial charge < -0.3 is 20.2 Å². The lowest BCUT2D eigenvalue weighted by atomic mass is 9.96. The van der Waals surface area contributed by atoms with Gasteiger partial charge in [0.1, 0.15) is 16.3 Å². The van der Waals surface area contributed by atoms with E-state index in [4.69, 9.17) is 14.9 Å². The smallest absolute Gasteiger partial charge is 0.341 e. The van der Waals surface area contributed by atoms with Crippen LogP contribution in [0.1, 0.15) is 30.1 Å². The third-order valence-electron chi connectivity index (χ3n) is 4.67. The van der Waals surface area contributed by atoms with E-state index in [0.717, 1.165) is 0 Å². The number of hydrogen-bond acceptors (Lipinski definition) is 7. The Morgan fingerprint density at radius 3 is 2.71 bits per heavy atom. The van der Waals surface area contributed by atoms with Crippen LogP contribution in [0.2, 0.25) is 0 Å². The van der Waals surface area contributed by atoms with Crippen molar-refractivity contribution in [3.8, 4) is 11.3 Å². The number of piperidine rings is 1. The molecular formula is C19H23N3O5S. The predicted molar refractivity (Wildman–Crippen MR) is 105 cm³/mol. The summed E-state index contributed by atoms with van der Waals surface area (Å²) in [5.41, 5.74) is 6.22. The number of anilines is 1. The van der Waals surface area contributed by atoms with Gasteiger partial charge in [-0.15, -0.1) is 11.3 Å². The Labute approximate surface area is 166 Å². The van der Waals surface area contributed by atoms with Crippen LogP contribution in [-0.4, -0.2) is 48.9 Å². The fraction of sp³-hybridized carbons (Fsp3) is 0.421. The van der Waals surface area contributed by atoms with Crippen molar-refractivity contribution in [1.82, 2.24) is 4.90 Å². The number of thiophene rings is 1. The average Bonchev–Trinajstić information content (AvgIpc) is 3.31. The zero-order valence-electron chi connectivity index (χ0n) is 15.6. The number of furan rings is 1. The molecule has 0 atom stereocenters. The number of hydrogen-bond donors (Lipinski definition) is 2. The SMILES string of the molecule is CCOC(=O)c1c(-c2ccco2)csc1NC(=O)CN1CCC(C(N)=O)CC1. The number of primary amides is 1. The average molecular weight is 405 g/mol. The minimum atomic E-state index is -0.507. The van der Waals surface area contributed by atoms with Crippen LogP contribution in [0.4, 0.5) is 5.00 Å². The van der Waals surface area contributed by atoms with Gasteiger partial charge in [-0.05, 0) is 45.0 Å². The first kappa shape index (κ1) is 20.1. The standard InChI is InChI=1S/C19H23N3O5S/c1-2-26-19(25)16-13(14-4-3-9-27-14)11-28-18(16)21-15(23)10-22-7-5-12(6-8-22)17(20)24/h3-4,9,11-12H,2,5-8,10H2,1H3,(H2,20,24)(H,21,23). The number of ether oxygens (including phenoxy) is 1. The molecule has 0 aromatic carbocycles. The minimum absolute atomic E-state index is 0.122. The van der Waals surface area contributed by atoms with Crippen molar-refractivity contribution in [2.75, 3.05) is 31.6 Å². The molecule has 1 saturated heterocycles. The highest BCUT2D eigenvalue weighted by molar-refractivity contribution is 7.15. The van der Waals surface area contributed by atoms with E-state index in [-0.39, 0.29) is 30.9 Å². The molecule has 3 rings (SSSR count). The molecule has 0 radical (unpaired) electrons. The number of nitrogens with zero attached hydrogens (tertiary/aromatic N) is 1. The maximum atomic E-state index is 12.5. The molecule has 8 nitrogen and oxygen atoms in total. The van der Waals surface area contributed by atoms with E-state index < -0.39 is 5.97 Å². The molecule has 2 aromatic heterocycles. The normalized spacial score (nSPS) is 15.3. The Balaban J connectivity index is 1.69. The molecular weight excluding hydrogens is 382 g/mol. The lowest BCUT2D eigenvalue weighted by Crippen LogP contribution is -2.42. The molecule has 3 N–H and O–H groups in total. The molecule has 3 heterocycles. The maximum Gasteiger partial charge on any atom is 0.341 e. The predicted octanol–water partition coefficient (Wildman–Crippen LogP) is 2.32. The van der Waals surface area contributed by atoms with E-state index in [9.17, 15) is 14.4 Å². The zero-order chi connectivity index (χ0) is 20.1. The maximum absolute atomic E-state index is 12.5. The Bertz CT molecular complexity index is 838. The second-order valence-corrected chi connectivity index (χ2v) is 7.43. The van der Waals surface area contributed by atoms with E-state index in [0.29, 0.717) is 47.8 Å². The topological polar surface area (TPSA) is 115 Å². The lowest BCUT2D eigenvalue weighted by molar-refractivity contribution is -0.123. The second kappa shape index (κ2) is 9.03. The van der Waals surface area contributed by atoms with Crippen LogP contribution in [-0.2, 0) is 14.3 Å². The Kier molecular flexibility index (Phi) is 6.48. The summed E-state index contributed by atoms with van der Waals surface area (Å²) < 4.78 is 10.5. The molecule has 0 spiro atoms.